The Balaban J connectivity index is 1.22. The van der Waals surface area contributed by atoms with Gasteiger partial charge in [0.1, 0.15) is 17.2 Å². The molecular weight excluding hydrogens is 623 g/mol. The average molecular weight is 669 g/mol. The Hall–Kier alpha value is -4.80. The molecule has 6 rings (SSSR count). The molecule has 1 aliphatic carbocycles. The Morgan fingerprint density at radius 1 is 0.959 bits per heavy atom. The Morgan fingerprint density at radius 2 is 1.76 bits per heavy atom. The van der Waals surface area contributed by atoms with Crippen LogP contribution in [0.4, 0.5) is 20.8 Å². The number of halogens is 1. The molecule has 4 aromatic rings. The molecule has 1 saturated carbocycles. The van der Waals surface area contributed by atoms with Crippen LogP contribution < -0.4 is 15.4 Å². The van der Waals surface area contributed by atoms with Crippen LogP contribution in [-0.4, -0.2) is 56.6 Å². The summed E-state index contributed by atoms with van der Waals surface area (Å²) in [5, 5.41) is 7.47. The van der Waals surface area contributed by atoms with E-state index in [0.29, 0.717) is 65.0 Å². The zero-order valence-corrected chi connectivity index (χ0v) is 28.7. The summed E-state index contributed by atoms with van der Waals surface area (Å²) < 4.78 is 27.3. The van der Waals surface area contributed by atoms with Crippen molar-refractivity contribution >= 4 is 34.4 Å². The highest BCUT2D eigenvalue weighted by Gasteiger charge is 2.28. The second kappa shape index (κ2) is 14.8. The minimum Gasteiger partial charge on any atom is -0.444 e. The molecule has 1 unspecified atom stereocenters. The molecule has 2 amide bonds. The van der Waals surface area contributed by atoms with E-state index in [1.165, 1.54) is 12.5 Å². The van der Waals surface area contributed by atoms with Crippen molar-refractivity contribution in [3.05, 3.63) is 66.2 Å². The van der Waals surface area contributed by atoms with Crippen LogP contribution in [0.25, 0.3) is 22.0 Å². The van der Waals surface area contributed by atoms with Gasteiger partial charge in [0.2, 0.25) is 17.7 Å². The van der Waals surface area contributed by atoms with Crippen LogP contribution in [0, 0.1) is 18.7 Å². The molecule has 0 bridgehead atoms. The first kappa shape index (κ1) is 34.1. The molecule has 2 aromatic heterocycles. The number of anilines is 2. The maximum atomic E-state index is 15.2. The van der Waals surface area contributed by atoms with Crippen molar-refractivity contribution in [3.63, 3.8) is 0 Å². The van der Waals surface area contributed by atoms with Crippen molar-refractivity contribution in [1.82, 2.24) is 19.9 Å². The fraction of sp³-hybridized carbons (Fsp3) is 0.447. The highest BCUT2D eigenvalue weighted by Crippen LogP contribution is 2.40. The number of piperidine rings is 1. The summed E-state index contributed by atoms with van der Waals surface area (Å²) >= 11 is 0. The van der Waals surface area contributed by atoms with Crippen molar-refractivity contribution < 1.29 is 23.5 Å². The molecule has 2 aliphatic rings. The molecule has 10 nitrogen and oxygen atoms in total. The first-order chi connectivity index (χ1) is 23.5. The molecule has 49 heavy (non-hydrogen) atoms. The van der Waals surface area contributed by atoms with Crippen LogP contribution in [0.15, 0.2) is 54.9 Å². The Kier molecular flexibility index (Phi) is 10.3. The number of nitrogens with zero attached hydrogens (tertiary/aromatic N) is 4. The van der Waals surface area contributed by atoms with Crippen molar-refractivity contribution in [3.8, 4) is 22.9 Å². The van der Waals surface area contributed by atoms with Crippen LogP contribution in [0.3, 0.4) is 0 Å². The normalized spacial score (nSPS) is 17.1. The lowest BCUT2D eigenvalue weighted by molar-refractivity contribution is -0.117. The van der Waals surface area contributed by atoms with Gasteiger partial charge in [0, 0.05) is 48.7 Å². The summed E-state index contributed by atoms with van der Waals surface area (Å²) in [6, 6.07) is 12.1. The minimum atomic E-state index is -0.564. The number of hydrogen-bond donors (Lipinski definition) is 2. The van der Waals surface area contributed by atoms with Crippen molar-refractivity contribution in [1.29, 1.82) is 0 Å². The topological polar surface area (TPSA) is 119 Å². The number of ether oxygens (including phenoxy) is 2. The van der Waals surface area contributed by atoms with E-state index < -0.39 is 11.4 Å². The number of likely N-dealkylation sites (tertiary alicyclic amines) is 1. The molecule has 11 heteroatoms. The van der Waals surface area contributed by atoms with Gasteiger partial charge in [-0.3, -0.25) is 4.79 Å². The third-order valence-corrected chi connectivity index (χ3v) is 9.07. The van der Waals surface area contributed by atoms with Gasteiger partial charge in [-0.1, -0.05) is 31.4 Å². The van der Waals surface area contributed by atoms with E-state index >= 15 is 4.39 Å². The molecule has 2 aromatic carbocycles. The largest absolute Gasteiger partial charge is 0.444 e. The molecule has 1 aliphatic heterocycles. The fourth-order valence-corrected chi connectivity index (χ4v) is 6.68. The van der Waals surface area contributed by atoms with Crippen molar-refractivity contribution in [2.75, 3.05) is 23.7 Å². The monoisotopic (exact) mass is 668 g/mol. The molecule has 3 heterocycles. The van der Waals surface area contributed by atoms with E-state index in [0.717, 1.165) is 44.1 Å². The molecule has 1 saturated heterocycles. The predicted molar refractivity (Wildman–Crippen MR) is 188 cm³/mol. The van der Waals surface area contributed by atoms with Gasteiger partial charge in [-0.25, -0.2) is 24.1 Å². The van der Waals surface area contributed by atoms with E-state index in [2.05, 4.69) is 20.6 Å². The summed E-state index contributed by atoms with van der Waals surface area (Å²) in [4.78, 5) is 41.2. The third kappa shape index (κ3) is 8.44. The number of nitrogens with one attached hydrogen (secondary N) is 2. The summed E-state index contributed by atoms with van der Waals surface area (Å²) in [6.07, 6.45) is 10.6. The molecule has 258 valence electrons. The van der Waals surface area contributed by atoms with Crippen molar-refractivity contribution in [2.24, 2.45) is 5.92 Å². The Morgan fingerprint density at radius 3 is 2.55 bits per heavy atom. The number of amides is 2. The number of carbonyl (C=O) groups excluding carboxylic acids is 2. The lowest BCUT2D eigenvalue weighted by atomic mass is 9.87. The number of pyridine rings is 1. The Labute approximate surface area is 286 Å². The highest BCUT2D eigenvalue weighted by atomic mass is 19.1. The standard InChI is InChI=1S/C38H45FN6O4/c1-24-14-15-27-28(16-17-30(39)33(27)44-32(46)22-25-10-6-5-7-11-25)34(24)48-35-29(13-8-19-40-35)31-18-20-41-36(43-31)42-26-12-9-21-45(23-26)37(47)49-38(2,3)4/h8,13-20,25-26H,5-7,9-12,21-23H2,1-4H3,(H,44,46)(H,41,42,43). The van der Waals surface area contributed by atoms with E-state index in [1.807, 2.05) is 52.0 Å². The number of fused-ring (bicyclic) bond motifs is 1. The third-order valence-electron chi connectivity index (χ3n) is 9.07. The number of carbonyl (C=O) groups is 2. The lowest BCUT2D eigenvalue weighted by Gasteiger charge is -2.34. The zero-order chi connectivity index (χ0) is 34.5. The maximum absolute atomic E-state index is 15.2. The van der Waals surface area contributed by atoms with Gasteiger partial charge in [0.25, 0.3) is 0 Å². The number of rotatable bonds is 8. The number of benzene rings is 2. The molecule has 2 N–H and O–H groups in total. The van der Waals surface area contributed by atoms with E-state index in [-0.39, 0.29) is 23.7 Å². The van der Waals surface area contributed by atoms with Crippen molar-refractivity contribution in [2.45, 2.75) is 90.7 Å². The Bertz CT molecular complexity index is 1820. The van der Waals surface area contributed by atoms with Gasteiger partial charge in [-0.05, 0) is 95.2 Å². The number of aromatic nitrogens is 3. The van der Waals surface area contributed by atoms with E-state index in [1.54, 1.807) is 29.4 Å². The first-order valence-electron chi connectivity index (χ1n) is 17.3. The van der Waals surface area contributed by atoms with Gasteiger partial charge in [-0.2, -0.15) is 0 Å². The minimum absolute atomic E-state index is 0.0442. The summed E-state index contributed by atoms with van der Waals surface area (Å²) in [7, 11) is 0. The quantitative estimate of drug-likeness (QED) is 0.192. The van der Waals surface area contributed by atoms with Crippen LogP contribution in [-0.2, 0) is 9.53 Å². The van der Waals surface area contributed by atoms with Gasteiger partial charge >= 0.3 is 6.09 Å². The SMILES string of the molecule is Cc1ccc2c(NC(=O)CC3CCCCC3)c(F)ccc2c1Oc1ncccc1-c1ccnc(NC2CCCN(C(=O)OC(C)(C)C)C2)n1. The zero-order valence-electron chi connectivity index (χ0n) is 28.7. The van der Waals surface area contributed by atoms with Crippen LogP contribution in [0.5, 0.6) is 11.6 Å². The number of hydrogen-bond acceptors (Lipinski definition) is 8. The lowest BCUT2D eigenvalue weighted by Crippen LogP contribution is -2.47. The molecular formula is C38H45FN6O4. The smallest absolute Gasteiger partial charge is 0.410 e. The number of aryl methyl sites for hydroxylation is 1. The molecule has 0 spiro atoms. The van der Waals surface area contributed by atoms with Gasteiger partial charge in [0.05, 0.1) is 16.9 Å². The summed E-state index contributed by atoms with van der Waals surface area (Å²) in [5.74, 6) is 0.926. The van der Waals surface area contributed by atoms with Crippen LogP contribution in [0.1, 0.15) is 77.7 Å². The fourth-order valence-electron chi connectivity index (χ4n) is 6.68. The molecule has 1 atom stereocenters. The molecule has 0 radical (unpaired) electrons. The van der Waals surface area contributed by atoms with Gasteiger partial charge in [0.15, 0.2) is 0 Å². The first-order valence-corrected chi connectivity index (χ1v) is 17.3. The van der Waals surface area contributed by atoms with Gasteiger partial charge in [-0.15, -0.1) is 0 Å². The molecule has 2 fully saturated rings. The van der Waals surface area contributed by atoms with Gasteiger partial charge < -0.3 is 25.0 Å². The maximum Gasteiger partial charge on any atom is 0.410 e. The van der Waals surface area contributed by atoms with E-state index in [4.69, 9.17) is 14.5 Å². The predicted octanol–water partition coefficient (Wildman–Crippen LogP) is 8.65. The summed E-state index contributed by atoms with van der Waals surface area (Å²) in [5.41, 5.74) is 1.66. The van der Waals surface area contributed by atoms with Crippen LogP contribution >= 0.6 is 0 Å². The second-order valence-corrected chi connectivity index (χ2v) is 14.1. The highest BCUT2D eigenvalue weighted by molar-refractivity contribution is 6.04. The average Bonchev–Trinajstić information content (AvgIpc) is 3.07. The van der Waals surface area contributed by atoms with E-state index in [9.17, 15) is 9.59 Å². The van der Waals surface area contributed by atoms with Crippen LogP contribution in [0.2, 0.25) is 0 Å². The second-order valence-electron chi connectivity index (χ2n) is 14.1. The summed E-state index contributed by atoms with van der Waals surface area (Å²) in [6.45, 7) is 8.61.